The van der Waals surface area contributed by atoms with Gasteiger partial charge in [-0.1, -0.05) is 30.3 Å². The zero-order valence-corrected chi connectivity index (χ0v) is 16.4. The Kier molecular flexibility index (Phi) is 5.34. The summed E-state index contributed by atoms with van der Waals surface area (Å²) in [5.74, 6) is 1.11. The highest BCUT2D eigenvalue weighted by atomic mass is 32.2. The van der Waals surface area contributed by atoms with E-state index in [-0.39, 0.29) is 23.9 Å². The van der Waals surface area contributed by atoms with Gasteiger partial charge in [0.15, 0.2) is 0 Å². The number of rotatable bonds is 6. The molecule has 3 rings (SSSR count). The number of amides is 1. The molecule has 0 aliphatic carbocycles. The summed E-state index contributed by atoms with van der Waals surface area (Å²) < 4.78 is 32.2. The molecule has 1 aromatic heterocycles. The Morgan fingerprint density at radius 1 is 1.00 bits per heavy atom. The maximum atomic E-state index is 12.8. The minimum absolute atomic E-state index is 0.167. The van der Waals surface area contributed by atoms with E-state index in [0.29, 0.717) is 5.76 Å². The van der Waals surface area contributed by atoms with Gasteiger partial charge in [0.2, 0.25) is 15.9 Å². The first kappa shape index (κ1) is 19.1. The molecule has 7 heteroatoms. The standard InChI is InChI=1S/C20H22N2O4S/c1-15-8-10-18(26-15)13-21(2)20(23)14-22(3)27(24,25)19-11-9-16-6-4-5-7-17(16)12-19/h4-12H,13-14H2,1-3H3. The molecule has 0 radical (unpaired) electrons. The van der Waals surface area contributed by atoms with Crippen molar-refractivity contribution in [3.8, 4) is 0 Å². The second kappa shape index (κ2) is 7.54. The number of likely N-dealkylation sites (N-methyl/N-ethyl adjacent to an activating group) is 2. The van der Waals surface area contributed by atoms with E-state index >= 15 is 0 Å². The van der Waals surface area contributed by atoms with E-state index < -0.39 is 10.0 Å². The molecule has 142 valence electrons. The van der Waals surface area contributed by atoms with Gasteiger partial charge in [-0.05, 0) is 42.0 Å². The molecule has 27 heavy (non-hydrogen) atoms. The summed E-state index contributed by atoms with van der Waals surface area (Å²) in [6.07, 6.45) is 0. The molecule has 0 unspecified atom stereocenters. The highest BCUT2D eigenvalue weighted by Crippen LogP contribution is 2.21. The molecule has 0 spiro atoms. The van der Waals surface area contributed by atoms with E-state index in [1.54, 1.807) is 31.3 Å². The first-order chi connectivity index (χ1) is 12.8. The Hall–Kier alpha value is -2.64. The van der Waals surface area contributed by atoms with Crippen molar-refractivity contribution in [2.24, 2.45) is 0 Å². The maximum Gasteiger partial charge on any atom is 0.243 e. The van der Waals surface area contributed by atoms with E-state index in [1.807, 2.05) is 37.3 Å². The van der Waals surface area contributed by atoms with Gasteiger partial charge in [0.25, 0.3) is 0 Å². The highest BCUT2D eigenvalue weighted by molar-refractivity contribution is 7.89. The quantitative estimate of drug-likeness (QED) is 0.653. The van der Waals surface area contributed by atoms with Gasteiger partial charge in [-0.15, -0.1) is 0 Å². The predicted octanol–water partition coefficient (Wildman–Crippen LogP) is 3.02. The number of nitrogens with zero attached hydrogens (tertiary/aromatic N) is 2. The molecule has 0 aliphatic rings. The van der Waals surface area contributed by atoms with Crippen molar-refractivity contribution in [1.29, 1.82) is 0 Å². The topological polar surface area (TPSA) is 70.8 Å². The van der Waals surface area contributed by atoms with Crippen LogP contribution in [0.2, 0.25) is 0 Å². The van der Waals surface area contributed by atoms with E-state index in [2.05, 4.69) is 0 Å². The van der Waals surface area contributed by atoms with Crippen LogP contribution in [0.25, 0.3) is 10.8 Å². The van der Waals surface area contributed by atoms with Gasteiger partial charge in [-0.25, -0.2) is 8.42 Å². The highest BCUT2D eigenvalue weighted by Gasteiger charge is 2.24. The molecular weight excluding hydrogens is 364 g/mol. The second-order valence-electron chi connectivity index (χ2n) is 6.53. The van der Waals surface area contributed by atoms with Crippen LogP contribution in [-0.2, 0) is 21.4 Å². The number of furan rings is 1. The number of hydrogen-bond donors (Lipinski definition) is 0. The Labute approximate surface area is 159 Å². The second-order valence-corrected chi connectivity index (χ2v) is 8.58. The summed E-state index contributed by atoms with van der Waals surface area (Å²) in [5.41, 5.74) is 0. The van der Waals surface area contributed by atoms with Crippen LogP contribution in [0.5, 0.6) is 0 Å². The first-order valence-corrected chi connectivity index (χ1v) is 9.96. The third kappa shape index (κ3) is 4.20. The number of carbonyl (C=O) groups is 1. The van der Waals surface area contributed by atoms with Gasteiger partial charge in [-0.2, -0.15) is 4.31 Å². The monoisotopic (exact) mass is 386 g/mol. The third-order valence-electron chi connectivity index (χ3n) is 4.40. The fraction of sp³-hybridized carbons (Fsp3) is 0.250. The average Bonchev–Trinajstić information content (AvgIpc) is 3.05. The first-order valence-electron chi connectivity index (χ1n) is 8.52. The van der Waals surface area contributed by atoms with Gasteiger partial charge in [0.05, 0.1) is 18.0 Å². The minimum Gasteiger partial charge on any atom is -0.464 e. The van der Waals surface area contributed by atoms with Gasteiger partial charge < -0.3 is 9.32 Å². The maximum absolute atomic E-state index is 12.8. The molecule has 2 aromatic carbocycles. The van der Waals surface area contributed by atoms with Gasteiger partial charge in [0, 0.05) is 14.1 Å². The summed E-state index contributed by atoms with van der Waals surface area (Å²) in [5, 5.41) is 1.80. The molecular formula is C20H22N2O4S. The summed E-state index contributed by atoms with van der Waals surface area (Å²) in [6, 6.07) is 16.1. The van der Waals surface area contributed by atoms with Gasteiger partial charge in [0.1, 0.15) is 11.5 Å². The lowest BCUT2D eigenvalue weighted by atomic mass is 10.1. The van der Waals surface area contributed by atoms with Crippen molar-refractivity contribution in [2.75, 3.05) is 20.6 Å². The summed E-state index contributed by atoms with van der Waals surface area (Å²) in [6.45, 7) is 1.87. The molecule has 0 atom stereocenters. The van der Waals surface area contributed by atoms with E-state index in [1.165, 1.54) is 11.9 Å². The average molecular weight is 386 g/mol. The van der Waals surface area contributed by atoms with Crippen LogP contribution in [0, 0.1) is 6.92 Å². The van der Waals surface area contributed by atoms with Crippen LogP contribution in [0.1, 0.15) is 11.5 Å². The van der Waals surface area contributed by atoms with Crippen LogP contribution in [-0.4, -0.2) is 44.2 Å². The number of benzene rings is 2. The van der Waals surface area contributed by atoms with Crippen molar-refractivity contribution in [2.45, 2.75) is 18.4 Å². The summed E-state index contributed by atoms with van der Waals surface area (Å²) >= 11 is 0. The van der Waals surface area contributed by atoms with E-state index in [0.717, 1.165) is 20.8 Å². The van der Waals surface area contributed by atoms with Crippen molar-refractivity contribution < 1.29 is 17.6 Å². The lowest BCUT2D eigenvalue weighted by Crippen LogP contribution is -2.39. The fourth-order valence-electron chi connectivity index (χ4n) is 2.80. The van der Waals surface area contributed by atoms with Crippen LogP contribution < -0.4 is 0 Å². The SMILES string of the molecule is Cc1ccc(CN(C)C(=O)CN(C)S(=O)(=O)c2ccc3ccccc3c2)o1. The zero-order chi connectivity index (χ0) is 19.6. The summed E-state index contributed by atoms with van der Waals surface area (Å²) in [7, 11) is -0.734. The third-order valence-corrected chi connectivity index (χ3v) is 6.20. The number of aryl methyl sites for hydroxylation is 1. The molecule has 0 bridgehead atoms. The number of fused-ring (bicyclic) bond motifs is 1. The summed E-state index contributed by atoms with van der Waals surface area (Å²) in [4.78, 5) is 14.0. The molecule has 0 N–H and O–H groups in total. The van der Waals surface area contributed by atoms with E-state index in [9.17, 15) is 13.2 Å². The molecule has 3 aromatic rings. The number of hydrogen-bond acceptors (Lipinski definition) is 4. The van der Waals surface area contributed by atoms with Crippen molar-refractivity contribution in [1.82, 2.24) is 9.21 Å². The molecule has 1 heterocycles. The van der Waals surface area contributed by atoms with Crippen molar-refractivity contribution in [3.05, 3.63) is 66.1 Å². The van der Waals surface area contributed by atoms with Crippen molar-refractivity contribution >= 4 is 26.7 Å². The Bertz CT molecular complexity index is 1070. The molecule has 0 fully saturated rings. The molecule has 0 saturated heterocycles. The largest absolute Gasteiger partial charge is 0.464 e. The molecule has 0 aliphatic heterocycles. The van der Waals surface area contributed by atoms with Crippen LogP contribution >= 0.6 is 0 Å². The lowest BCUT2D eigenvalue weighted by molar-refractivity contribution is -0.130. The predicted molar refractivity (Wildman–Crippen MR) is 104 cm³/mol. The zero-order valence-electron chi connectivity index (χ0n) is 15.5. The minimum atomic E-state index is -3.77. The van der Waals surface area contributed by atoms with E-state index in [4.69, 9.17) is 4.42 Å². The number of sulfonamides is 1. The Balaban J connectivity index is 1.72. The van der Waals surface area contributed by atoms with Crippen LogP contribution in [0.15, 0.2) is 63.9 Å². The van der Waals surface area contributed by atoms with Gasteiger partial charge >= 0.3 is 0 Å². The Morgan fingerprint density at radius 3 is 2.37 bits per heavy atom. The molecule has 6 nitrogen and oxygen atoms in total. The molecule has 1 amide bonds. The van der Waals surface area contributed by atoms with Crippen LogP contribution in [0.3, 0.4) is 0 Å². The van der Waals surface area contributed by atoms with Gasteiger partial charge in [-0.3, -0.25) is 4.79 Å². The van der Waals surface area contributed by atoms with Crippen molar-refractivity contribution in [3.63, 3.8) is 0 Å². The Morgan fingerprint density at radius 2 is 1.70 bits per heavy atom. The fourth-order valence-corrected chi connectivity index (χ4v) is 3.95. The normalized spacial score (nSPS) is 11.9. The number of carbonyl (C=O) groups excluding carboxylic acids is 1. The molecule has 0 saturated carbocycles. The smallest absolute Gasteiger partial charge is 0.243 e. The van der Waals surface area contributed by atoms with Crippen LogP contribution in [0.4, 0.5) is 0 Å². The lowest BCUT2D eigenvalue weighted by Gasteiger charge is -2.21.